The molecule has 110 valence electrons. The fourth-order valence-corrected chi connectivity index (χ4v) is 2.74. The van der Waals surface area contributed by atoms with E-state index < -0.39 is 19.6 Å². The molecule has 1 aromatic rings. The molecule has 0 amide bonds. The summed E-state index contributed by atoms with van der Waals surface area (Å²) in [7, 11) is -4.16. The van der Waals surface area contributed by atoms with Gasteiger partial charge in [0.05, 0.1) is 12.8 Å². The van der Waals surface area contributed by atoms with Gasteiger partial charge in [0.25, 0.3) is 0 Å². The third kappa shape index (κ3) is 4.13. The second-order valence-electron chi connectivity index (χ2n) is 4.83. The highest BCUT2D eigenvalue weighted by Crippen LogP contribution is 2.43. The molecule has 0 aromatic heterocycles. The Hall–Kier alpha value is -1.24. The Morgan fingerprint density at radius 3 is 2.65 bits per heavy atom. The summed E-state index contributed by atoms with van der Waals surface area (Å²) in [6.45, 7) is 0.503. The number of aliphatic carboxylic acids is 1. The van der Waals surface area contributed by atoms with Crippen LogP contribution in [0, 0.1) is 0 Å². The first-order chi connectivity index (χ1) is 9.26. The maximum atomic E-state index is 11.1. The molecule has 1 aliphatic heterocycles. The van der Waals surface area contributed by atoms with Crippen LogP contribution in [-0.4, -0.2) is 33.5 Å². The van der Waals surface area contributed by atoms with E-state index in [-0.39, 0.29) is 18.7 Å². The van der Waals surface area contributed by atoms with E-state index >= 15 is 0 Å². The topological polar surface area (TPSA) is 133 Å². The summed E-state index contributed by atoms with van der Waals surface area (Å²) in [6.07, 6.45) is -0.365. The number of nitrogens with two attached hydrogens (primary N) is 1. The summed E-state index contributed by atoms with van der Waals surface area (Å²) in [6, 6.07) is 3.95. The van der Waals surface area contributed by atoms with Crippen molar-refractivity contribution in [3.05, 3.63) is 34.9 Å². The number of hydrogen-bond acceptors (Lipinski definition) is 4. The summed E-state index contributed by atoms with van der Waals surface area (Å²) in [5.74, 6) is -1.09. The number of rotatable bonds is 6. The number of benzene rings is 1. The van der Waals surface area contributed by atoms with Crippen molar-refractivity contribution in [2.45, 2.75) is 24.7 Å². The number of carboxylic acid groups (broad SMARTS) is 1. The first-order valence-corrected chi connectivity index (χ1v) is 7.82. The fourth-order valence-electron chi connectivity index (χ4n) is 2.01. The van der Waals surface area contributed by atoms with Gasteiger partial charge in [0.2, 0.25) is 0 Å². The molecule has 5 N–H and O–H groups in total. The summed E-state index contributed by atoms with van der Waals surface area (Å²) in [4.78, 5) is 28.9. The lowest BCUT2D eigenvalue weighted by Gasteiger charge is -2.12. The molecule has 1 fully saturated rings. The molecular weight excluding hydrogens is 285 g/mol. The van der Waals surface area contributed by atoms with Crippen molar-refractivity contribution in [2.24, 2.45) is 5.73 Å². The lowest BCUT2D eigenvalue weighted by molar-refractivity contribution is -0.138. The Balaban J connectivity index is 2.24. The third-order valence-corrected chi connectivity index (χ3v) is 3.79. The fraction of sp³-hybridized carbons (Fsp3) is 0.417. The van der Waals surface area contributed by atoms with Gasteiger partial charge < -0.3 is 25.4 Å². The second kappa shape index (κ2) is 5.63. The summed E-state index contributed by atoms with van der Waals surface area (Å²) < 4.78 is 16.3. The average molecular weight is 301 g/mol. The van der Waals surface area contributed by atoms with Crippen LogP contribution in [0.5, 0.6) is 0 Å². The van der Waals surface area contributed by atoms with Gasteiger partial charge in [0.1, 0.15) is 12.1 Å². The Labute approximate surface area is 115 Å². The third-order valence-electron chi connectivity index (χ3n) is 3.04. The van der Waals surface area contributed by atoms with Crippen molar-refractivity contribution in [1.82, 2.24) is 0 Å². The summed E-state index contributed by atoms with van der Waals surface area (Å²) in [5.41, 5.74) is 7.40. The molecule has 1 saturated heterocycles. The van der Waals surface area contributed by atoms with E-state index in [0.29, 0.717) is 23.3 Å². The average Bonchev–Trinajstić information content (AvgIpc) is 3.13. The molecule has 0 bridgehead atoms. The minimum Gasteiger partial charge on any atom is -0.480 e. The highest BCUT2D eigenvalue weighted by atomic mass is 31.2. The first-order valence-electron chi connectivity index (χ1n) is 6.02. The molecule has 2 rings (SSSR count). The van der Waals surface area contributed by atoms with Crippen LogP contribution in [0.15, 0.2) is 18.2 Å². The van der Waals surface area contributed by atoms with Crippen LogP contribution in [-0.2, 0) is 26.7 Å². The molecule has 7 nitrogen and oxygen atoms in total. The largest absolute Gasteiger partial charge is 0.480 e. The van der Waals surface area contributed by atoms with E-state index in [4.69, 9.17) is 25.4 Å². The lowest BCUT2D eigenvalue weighted by Crippen LogP contribution is -2.32. The predicted octanol–water partition coefficient (Wildman–Crippen LogP) is 0.390. The minimum atomic E-state index is -4.16. The smallest absolute Gasteiger partial charge is 0.329 e. The molecule has 2 atom stereocenters. The van der Waals surface area contributed by atoms with Crippen molar-refractivity contribution < 1.29 is 29.0 Å². The number of carbonyl (C=O) groups is 1. The monoisotopic (exact) mass is 301 g/mol. The zero-order chi connectivity index (χ0) is 14.9. The predicted molar refractivity (Wildman–Crippen MR) is 70.2 cm³/mol. The first kappa shape index (κ1) is 15.2. The molecule has 0 saturated carbocycles. The number of carboxylic acids is 1. The van der Waals surface area contributed by atoms with Crippen molar-refractivity contribution >= 4 is 13.6 Å². The van der Waals surface area contributed by atoms with E-state index in [9.17, 15) is 9.36 Å². The van der Waals surface area contributed by atoms with E-state index in [1.165, 1.54) is 0 Å². The Morgan fingerprint density at radius 1 is 1.50 bits per heavy atom. The SMILES string of the molecule is NC(Cc1ccc(CP(=O)(O)O)c(C2CO2)c1)C(=O)O. The van der Waals surface area contributed by atoms with Crippen molar-refractivity contribution in [3.8, 4) is 0 Å². The zero-order valence-electron chi connectivity index (χ0n) is 10.6. The molecule has 2 unspecified atom stereocenters. The minimum absolute atomic E-state index is 0.158. The van der Waals surface area contributed by atoms with Crippen LogP contribution in [0.1, 0.15) is 22.8 Å². The van der Waals surface area contributed by atoms with E-state index in [2.05, 4.69) is 0 Å². The van der Waals surface area contributed by atoms with Crippen LogP contribution in [0.3, 0.4) is 0 Å². The summed E-state index contributed by atoms with van der Waals surface area (Å²) in [5, 5.41) is 8.79. The van der Waals surface area contributed by atoms with Crippen LogP contribution in [0.25, 0.3) is 0 Å². The van der Waals surface area contributed by atoms with Gasteiger partial charge in [0.15, 0.2) is 0 Å². The molecule has 8 heteroatoms. The maximum Gasteiger partial charge on any atom is 0.329 e. The van der Waals surface area contributed by atoms with Gasteiger partial charge in [-0.05, 0) is 23.1 Å². The molecular formula is C12H16NO6P. The van der Waals surface area contributed by atoms with Crippen LogP contribution in [0.2, 0.25) is 0 Å². The summed E-state index contributed by atoms with van der Waals surface area (Å²) >= 11 is 0. The van der Waals surface area contributed by atoms with Crippen LogP contribution >= 0.6 is 7.60 Å². The van der Waals surface area contributed by atoms with Crippen molar-refractivity contribution in [2.75, 3.05) is 6.61 Å². The Bertz CT molecular complexity index is 565. The number of ether oxygens (including phenoxy) is 1. The zero-order valence-corrected chi connectivity index (χ0v) is 11.5. The Kier molecular flexibility index (Phi) is 4.27. The quantitative estimate of drug-likeness (QED) is 0.441. The highest BCUT2D eigenvalue weighted by Gasteiger charge is 2.30. The molecule has 1 aliphatic rings. The molecule has 20 heavy (non-hydrogen) atoms. The van der Waals surface area contributed by atoms with Gasteiger partial charge >= 0.3 is 13.6 Å². The normalized spacial score (nSPS) is 19.6. The lowest BCUT2D eigenvalue weighted by atomic mass is 9.99. The molecule has 0 aliphatic carbocycles. The van der Waals surface area contributed by atoms with E-state index in [1.54, 1.807) is 18.2 Å². The molecule has 1 aromatic carbocycles. The van der Waals surface area contributed by atoms with Crippen LogP contribution < -0.4 is 5.73 Å². The standard InChI is InChI=1S/C12H16NO6P/c13-10(12(14)15)4-7-1-2-8(6-20(16,17)18)9(3-7)11-5-19-11/h1-3,10-11H,4-6,13H2,(H,14,15)(H2,16,17,18). The van der Waals surface area contributed by atoms with Gasteiger partial charge in [-0.3, -0.25) is 9.36 Å². The van der Waals surface area contributed by atoms with Crippen LogP contribution in [0.4, 0.5) is 0 Å². The van der Waals surface area contributed by atoms with E-state index in [0.717, 1.165) is 0 Å². The van der Waals surface area contributed by atoms with Gasteiger partial charge in [-0.25, -0.2) is 0 Å². The molecule has 1 heterocycles. The van der Waals surface area contributed by atoms with Gasteiger partial charge in [-0.1, -0.05) is 18.2 Å². The Morgan fingerprint density at radius 2 is 2.15 bits per heavy atom. The number of hydrogen-bond donors (Lipinski definition) is 4. The van der Waals surface area contributed by atoms with Gasteiger partial charge in [-0.15, -0.1) is 0 Å². The van der Waals surface area contributed by atoms with Crippen molar-refractivity contribution in [1.29, 1.82) is 0 Å². The second-order valence-corrected chi connectivity index (χ2v) is 6.47. The molecule has 0 radical (unpaired) electrons. The van der Waals surface area contributed by atoms with Gasteiger partial charge in [-0.2, -0.15) is 0 Å². The highest BCUT2D eigenvalue weighted by molar-refractivity contribution is 7.50. The molecule has 0 spiro atoms. The maximum absolute atomic E-state index is 11.1. The van der Waals surface area contributed by atoms with Crippen molar-refractivity contribution in [3.63, 3.8) is 0 Å². The van der Waals surface area contributed by atoms with E-state index in [1.807, 2.05) is 0 Å². The number of epoxide rings is 1. The van der Waals surface area contributed by atoms with Gasteiger partial charge in [0, 0.05) is 0 Å².